The van der Waals surface area contributed by atoms with Gasteiger partial charge in [0.25, 0.3) is 0 Å². The largest absolute Gasteiger partial charge is 0.480 e. The van der Waals surface area contributed by atoms with Crippen LogP contribution in [0, 0.1) is 6.92 Å². The first-order valence-corrected chi connectivity index (χ1v) is 9.00. The molecular weight excluding hydrogens is 304 g/mol. The van der Waals surface area contributed by atoms with E-state index in [0.29, 0.717) is 6.42 Å². The van der Waals surface area contributed by atoms with E-state index in [1.165, 1.54) is 35.7 Å². The first-order chi connectivity index (χ1) is 11.1. The van der Waals surface area contributed by atoms with Crippen molar-refractivity contribution in [2.75, 3.05) is 0 Å². The van der Waals surface area contributed by atoms with Gasteiger partial charge in [0.1, 0.15) is 5.25 Å². The molecule has 0 aliphatic rings. The monoisotopic (exact) mass is 328 g/mol. The molecule has 0 aliphatic heterocycles. The number of benzene rings is 2. The maximum atomic E-state index is 11.6. The van der Waals surface area contributed by atoms with Crippen LogP contribution in [-0.4, -0.2) is 16.3 Å². The lowest BCUT2D eigenvalue weighted by molar-refractivity contribution is -0.136. The SMILES string of the molecule is CCCCc1ccc(C[C@H](Sc2ccc(C)cc2)C(=O)O)cc1. The van der Waals surface area contributed by atoms with Crippen molar-refractivity contribution in [3.05, 3.63) is 65.2 Å². The molecule has 0 aliphatic carbocycles. The van der Waals surface area contributed by atoms with Gasteiger partial charge in [0, 0.05) is 4.90 Å². The molecule has 0 fully saturated rings. The van der Waals surface area contributed by atoms with Crippen molar-refractivity contribution in [2.45, 2.75) is 49.7 Å². The molecule has 2 aromatic rings. The van der Waals surface area contributed by atoms with E-state index in [-0.39, 0.29) is 0 Å². The summed E-state index contributed by atoms with van der Waals surface area (Å²) in [6.07, 6.45) is 4.02. The zero-order valence-electron chi connectivity index (χ0n) is 13.8. The lowest BCUT2D eigenvalue weighted by Crippen LogP contribution is -2.19. The second-order valence-electron chi connectivity index (χ2n) is 5.88. The predicted molar refractivity (Wildman–Crippen MR) is 97.2 cm³/mol. The van der Waals surface area contributed by atoms with Gasteiger partial charge in [-0.1, -0.05) is 55.3 Å². The quantitative estimate of drug-likeness (QED) is 0.683. The van der Waals surface area contributed by atoms with E-state index in [1.807, 2.05) is 31.2 Å². The Bertz CT molecular complexity index is 617. The summed E-state index contributed by atoms with van der Waals surface area (Å²) in [5.41, 5.74) is 3.59. The number of carbonyl (C=O) groups is 1. The standard InChI is InChI=1S/C20H24O2S/c1-3-4-5-16-8-10-17(11-9-16)14-19(20(21)22)23-18-12-6-15(2)7-13-18/h6-13,19H,3-5,14H2,1-2H3,(H,21,22)/t19-/m0/s1. The smallest absolute Gasteiger partial charge is 0.317 e. The van der Waals surface area contributed by atoms with Crippen molar-refractivity contribution in [1.29, 1.82) is 0 Å². The van der Waals surface area contributed by atoms with Crippen LogP contribution in [0.5, 0.6) is 0 Å². The van der Waals surface area contributed by atoms with Gasteiger partial charge in [0.05, 0.1) is 0 Å². The summed E-state index contributed by atoms with van der Waals surface area (Å²) < 4.78 is 0. The van der Waals surface area contributed by atoms with Crippen molar-refractivity contribution in [2.24, 2.45) is 0 Å². The minimum atomic E-state index is -0.759. The summed E-state index contributed by atoms with van der Waals surface area (Å²) in [6.45, 7) is 4.22. The van der Waals surface area contributed by atoms with Crippen LogP contribution in [0.1, 0.15) is 36.5 Å². The summed E-state index contributed by atoms with van der Waals surface area (Å²) in [6, 6.07) is 16.4. The van der Waals surface area contributed by atoms with Crippen LogP contribution in [0.15, 0.2) is 53.4 Å². The fourth-order valence-corrected chi connectivity index (χ4v) is 3.40. The molecule has 0 radical (unpaired) electrons. The predicted octanol–water partition coefficient (Wildman–Crippen LogP) is 5.13. The number of hydrogen-bond donors (Lipinski definition) is 1. The van der Waals surface area contributed by atoms with Gasteiger partial charge in [-0.05, 0) is 49.4 Å². The first kappa shape index (κ1) is 17.6. The summed E-state index contributed by atoms with van der Waals surface area (Å²) in [4.78, 5) is 12.6. The number of rotatable bonds is 8. The van der Waals surface area contributed by atoms with Crippen molar-refractivity contribution in [3.8, 4) is 0 Å². The fourth-order valence-electron chi connectivity index (χ4n) is 2.40. The third-order valence-electron chi connectivity index (χ3n) is 3.84. The average molecular weight is 328 g/mol. The lowest BCUT2D eigenvalue weighted by Gasteiger charge is -2.13. The van der Waals surface area contributed by atoms with Crippen LogP contribution in [-0.2, 0) is 17.6 Å². The minimum Gasteiger partial charge on any atom is -0.480 e. The maximum Gasteiger partial charge on any atom is 0.317 e. The first-order valence-electron chi connectivity index (χ1n) is 8.12. The number of aliphatic carboxylic acids is 1. The number of carboxylic acids is 1. The Morgan fingerprint density at radius 2 is 1.65 bits per heavy atom. The fraction of sp³-hybridized carbons (Fsp3) is 0.350. The molecule has 1 N–H and O–H groups in total. The van der Waals surface area contributed by atoms with Gasteiger partial charge in [0.2, 0.25) is 0 Å². The van der Waals surface area contributed by atoms with Gasteiger partial charge in [-0.25, -0.2) is 0 Å². The van der Waals surface area contributed by atoms with Gasteiger partial charge < -0.3 is 5.11 Å². The molecule has 2 aromatic carbocycles. The van der Waals surface area contributed by atoms with Crippen molar-refractivity contribution < 1.29 is 9.90 Å². The summed E-state index contributed by atoms with van der Waals surface area (Å²) >= 11 is 1.42. The zero-order chi connectivity index (χ0) is 16.7. The minimum absolute atomic E-state index is 0.459. The van der Waals surface area contributed by atoms with Crippen molar-refractivity contribution >= 4 is 17.7 Å². The van der Waals surface area contributed by atoms with E-state index in [9.17, 15) is 9.90 Å². The molecule has 0 aromatic heterocycles. The Kier molecular flexibility index (Phi) is 6.72. The van der Waals surface area contributed by atoms with Gasteiger partial charge in [0.15, 0.2) is 0 Å². The average Bonchev–Trinajstić information content (AvgIpc) is 2.55. The van der Waals surface area contributed by atoms with Crippen LogP contribution in [0.3, 0.4) is 0 Å². The summed E-state index contributed by atoms with van der Waals surface area (Å²) in [5.74, 6) is -0.759. The molecule has 3 heteroatoms. The van der Waals surface area contributed by atoms with Crippen LogP contribution in [0.2, 0.25) is 0 Å². The van der Waals surface area contributed by atoms with Crippen LogP contribution in [0.25, 0.3) is 0 Å². The van der Waals surface area contributed by atoms with E-state index in [1.54, 1.807) is 0 Å². The molecule has 0 bridgehead atoms. The van der Waals surface area contributed by atoms with Gasteiger partial charge in [-0.2, -0.15) is 0 Å². The van der Waals surface area contributed by atoms with Gasteiger partial charge in [-0.15, -0.1) is 11.8 Å². The molecule has 0 saturated heterocycles. The summed E-state index contributed by atoms with van der Waals surface area (Å²) in [5, 5.41) is 9.04. The Balaban J connectivity index is 2.01. The van der Waals surface area contributed by atoms with Crippen LogP contribution in [0.4, 0.5) is 0 Å². The van der Waals surface area contributed by atoms with E-state index < -0.39 is 11.2 Å². The molecular formula is C20H24O2S. The molecule has 0 heterocycles. The molecule has 0 unspecified atom stereocenters. The molecule has 122 valence electrons. The molecule has 0 spiro atoms. The number of thioether (sulfide) groups is 1. The second kappa shape index (κ2) is 8.78. The van der Waals surface area contributed by atoms with Gasteiger partial charge >= 0.3 is 5.97 Å². The van der Waals surface area contributed by atoms with Crippen molar-refractivity contribution in [1.82, 2.24) is 0 Å². The summed E-state index contributed by atoms with van der Waals surface area (Å²) in [7, 11) is 0. The molecule has 0 amide bonds. The highest BCUT2D eigenvalue weighted by atomic mass is 32.2. The molecule has 0 saturated carbocycles. The number of hydrogen-bond acceptors (Lipinski definition) is 2. The highest BCUT2D eigenvalue weighted by molar-refractivity contribution is 8.00. The third kappa shape index (κ3) is 5.76. The third-order valence-corrected chi connectivity index (χ3v) is 5.03. The van der Waals surface area contributed by atoms with E-state index in [2.05, 4.69) is 31.2 Å². The van der Waals surface area contributed by atoms with Crippen molar-refractivity contribution in [3.63, 3.8) is 0 Å². The van der Waals surface area contributed by atoms with Gasteiger partial charge in [-0.3, -0.25) is 4.79 Å². The zero-order valence-corrected chi connectivity index (χ0v) is 14.6. The topological polar surface area (TPSA) is 37.3 Å². The lowest BCUT2D eigenvalue weighted by atomic mass is 10.0. The highest BCUT2D eigenvalue weighted by Crippen LogP contribution is 2.26. The molecule has 1 atom stereocenters. The Labute approximate surface area is 142 Å². The van der Waals surface area contributed by atoms with E-state index in [4.69, 9.17) is 0 Å². The molecule has 23 heavy (non-hydrogen) atoms. The Morgan fingerprint density at radius 1 is 1.04 bits per heavy atom. The Morgan fingerprint density at radius 3 is 2.22 bits per heavy atom. The normalized spacial score (nSPS) is 12.1. The number of unbranched alkanes of at least 4 members (excludes halogenated alkanes) is 1. The molecule has 2 rings (SSSR count). The van der Waals surface area contributed by atoms with E-state index in [0.717, 1.165) is 16.9 Å². The maximum absolute atomic E-state index is 11.6. The number of aryl methyl sites for hydroxylation is 2. The number of carboxylic acid groups (broad SMARTS) is 1. The van der Waals surface area contributed by atoms with Crippen LogP contribution < -0.4 is 0 Å². The molecule has 2 nitrogen and oxygen atoms in total. The Hall–Kier alpha value is -1.74. The highest BCUT2D eigenvalue weighted by Gasteiger charge is 2.19. The van der Waals surface area contributed by atoms with E-state index >= 15 is 0 Å². The van der Waals surface area contributed by atoms with Crippen LogP contribution >= 0.6 is 11.8 Å². The second-order valence-corrected chi connectivity index (χ2v) is 7.16.